The molecule has 15 heavy (non-hydrogen) atoms. The van der Waals surface area contributed by atoms with Crippen molar-refractivity contribution in [3.63, 3.8) is 0 Å². The smallest absolute Gasteiger partial charge is 0.220 e. The number of carbonyl (C=O) groups excluding carboxylic acids is 1. The predicted octanol–water partition coefficient (Wildman–Crippen LogP) is 1.62. The molecule has 0 aliphatic heterocycles. The molecule has 0 aromatic rings. The van der Waals surface area contributed by atoms with Gasteiger partial charge in [-0.15, -0.1) is 0 Å². The highest BCUT2D eigenvalue weighted by molar-refractivity contribution is 7.98. The molecule has 3 nitrogen and oxygen atoms in total. The van der Waals surface area contributed by atoms with Crippen molar-refractivity contribution >= 4 is 17.7 Å². The highest BCUT2D eigenvalue weighted by Crippen LogP contribution is 2.05. The molecule has 2 unspecified atom stereocenters. The fourth-order valence-electron chi connectivity index (χ4n) is 1.26. The standard InChI is InChI=1S/C11H24N2OS/c1-4-10(8-15-3)13-11(14)6-5-9(2)7-12/h9-10H,4-8,12H2,1-3H3,(H,13,14). The number of thioether (sulfide) groups is 1. The van der Waals surface area contributed by atoms with Gasteiger partial charge in [-0.25, -0.2) is 0 Å². The maximum absolute atomic E-state index is 11.5. The van der Waals surface area contributed by atoms with Crippen LogP contribution in [0.2, 0.25) is 0 Å². The average molecular weight is 232 g/mol. The molecule has 0 saturated heterocycles. The third-order valence-electron chi connectivity index (χ3n) is 2.49. The van der Waals surface area contributed by atoms with Crippen LogP contribution in [0.5, 0.6) is 0 Å². The Balaban J connectivity index is 3.70. The van der Waals surface area contributed by atoms with Gasteiger partial charge >= 0.3 is 0 Å². The number of nitrogens with one attached hydrogen (secondary N) is 1. The minimum atomic E-state index is 0.163. The second-order valence-electron chi connectivity index (χ2n) is 4.01. The van der Waals surface area contributed by atoms with Crippen molar-refractivity contribution < 1.29 is 4.79 Å². The summed E-state index contributed by atoms with van der Waals surface area (Å²) in [6, 6.07) is 0.320. The molecule has 0 bridgehead atoms. The van der Waals surface area contributed by atoms with E-state index in [4.69, 9.17) is 5.73 Å². The van der Waals surface area contributed by atoms with Crippen molar-refractivity contribution in [3.05, 3.63) is 0 Å². The molecule has 1 amide bonds. The van der Waals surface area contributed by atoms with Gasteiger partial charge in [0.1, 0.15) is 0 Å². The van der Waals surface area contributed by atoms with E-state index in [0.29, 0.717) is 24.9 Å². The molecule has 4 heteroatoms. The fraction of sp³-hybridized carbons (Fsp3) is 0.909. The zero-order chi connectivity index (χ0) is 11.7. The Hall–Kier alpha value is -0.220. The third kappa shape index (κ3) is 7.68. The molecule has 0 aromatic carbocycles. The Morgan fingerprint density at radius 3 is 2.67 bits per heavy atom. The zero-order valence-corrected chi connectivity index (χ0v) is 10.9. The maximum atomic E-state index is 11.5. The first kappa shape index (κ1) is 14.8. The topological polar surface area (TPSA) is 55.1 Å². The number of rotatable bonds is 8. The van der Waals surface area contributed by atoms with Crippen molar-refractivity contribution in [1.82, 2.24) is 5.32 Å². The first-order valence-electron chi connectivity index (χ1n) is 5.62. The molecule has 0 fully saturated rings. The molecule has 0 saturated carbocycles. The van der Waals surface area contributed by atoms with E-state index in [0.717, 1.165) is 18.6 Å². The Morgan fingerprint density at radius 2 is 2.20 bits per heavy atom. The lowest BCUT2D eigenvalue weighted by atomic mass is 10.1. The van der Waals surface area contributed by atoms with E-state index in [2.05, 4.69) is 25.4 Å². The SMILES string of the molecule is CCC(CSC)NC(=O)CCC(C)CN. The van der Waals surface area contributed by atoms with Crippen molar-refractivity contribution in [2.24, 2.45) is 11.7 Å². The van der Waals surface area contributed by atoms with Crippen LogP contribution in [0.15, 0.2) is 0 Å². The summed E-state index contributed by atoms with van der Waals surface area (Å²) in [6.45, 7) is 4.84. The average Bonchev–Trinajstić information content (AvgIpc) is 2.25. The molecule has 0 heterocycles. The molecule has 2 atom stereocenters. The summed E-state index contributed by atoms with van der Waals surface area (Å²) in [4.78, 5) is 11.5. The van der Waals surface area contributed by atoms with Gasteiger partial charge in [0.15, 0.2) is 0 Å². The van der Waals surface area contributed by atoms with Crippen molar-refractivity contribution in [3.8, 4) is 0 Å². The van der Waals surface area contributed by atoms with Crippen molar-refractivity contribution in [1.29, 1.82) is 0 Å². The summed E-state index contributed by atoms with van der Waals surface area (Å²) >= 11 is 1.77. The van der Waals surface area contributed by atoms with E-state index in [-0.39, 0.29) is 5.91 Å². The molecule has 90 valence electrons. The molecular formula is C11H24N2OS. The van der Waals surface area contributed by atoms with Gasteiger partial charge in [-0.05, 0) is 31.6 Å². The summed E-state index contributed by atoms with van der Waals surface area (Å²) in [5.74, 6) is 1.60. The first-order chi connectivity index (χ1) is 7.13. The summed E-state index contributed by atoms with van der Waals surface area (Å²) in [5, 5.41) is 3.05. The lowest BCUT2D eigenvalue weighted by Crippen LogP contribution is -2.36. The number of carbonyl (C=O) groups is 1. The molecule has 0 spiro atoms. The summed E-state index contributed by atoms with van der Waals surface area (Å²) in [7, 11) is 0. The zero-order valence-electron chi connectivity index (χ0n) is 10.1. The number of hydrogen-bond donors (Lipinski definition) is 2. The van der Waals surface area contributed by atoms with E-state index >= 15 is 0 Å². The molecule has 0 aliphatic rings. The highest BCUT2D eigenvalue weighted by Gasteiger charge is 2.10. The van der Waals surface area contributed by atoms with Gasteiger partial charge in [0, 0.05) is 18.2 Å². The molecule has 0 aromatic heterocycles. The minimum Gasteiger partial charge on any atom is -0.353 e. The number of hydrogen-bond acceptors (Lipinski definition) is 3. The Morgan fingerprint density at radius 1 is 1.53 bits per heavy atom. The highest BCUT2D eigenvalue weighted by atomic mass is 32.2. The maximum Gasteiger partial charge on any atom is 0.220 e. The van der Waals surface area contributed by atoms with Gasteiger partial charge in [0.05, 0.1) is 0 Å². The van der Waals surface area contributed by atoms with Gasteiger partial charge in [-0.3, -0.25) is 4.79 Å². The van der Waals surface area contributed by atoms with Crippen LogP contribution >= 0.6 is 11.8 Å². The number of nitrogens with two attached hydrogens (primary N) is 1. The van der Waals surface area contributed by atoms with Crippen LogP contribution in [0.1, 0.15) is 33.1 Å². The molecule has 0 rings (SSSR count). The van der Waals surface area contributed by atoms with E-state index in [1.54, 1.807) is 11.8 Å². The van der Waals surface area contributed by atoms with Crippen LogP contribution in [-0.2, 0) is 4.79 Å². The van der Waals surface area contributed by atoms with Gasteiger partial charge < -0.3 is 11.1 Å². The minimum absolute atomic E-state index is 0.163. The Labute approximate surface area is 97.6 Å². The Bertz CT molecular complexity index is 176. The molecule has 3 N–H and O–H groups in total. The van der Waals surface area contributed by atoms with Crippen LogP contribution in [0.25, 0.3) is 0 Å². The normalized spacial score (nSPS) is 14.7. The van der Waals surface area contributed by atoms with Gasteiger partial charge in [-0.1, -0.05) is 13.8 Å². The van der Waals surface area contributed by atoms with E-state index < -0.39 is 0 Å². The van der Waals surface area contributed by atoms with Gasteiger partial charge in [0.25, 0.3) is 0 Å². The largest absolute Gasteiger partial charge is 0.353 e. The van der Waals surface area contributed by atoms with Gasteiger partial charge in [0.2, 0.25) is 5.91 Å². The fourth-order valence-corrected chi connectivity index (χ4v) is 1.98. The van der Waals surface area contributed by atoms with E-state index in [1.807, 2.05) is 0 Å². The first-order valence-corrected chi connectivity index (χ1v) is 7.01. The third-order valence-corrected chi connectivity index (χ3v) is 3.23. The van der Waals surface area contributed by atoms with Crippen LogP contribution in [-0.4, -0.2) is 30.5 Å². The second kappa shape index (κ2) is 9.04. The van der Waals surface area contributed by atoms with Crippen LogP contribution < -0.4 is 11.1 Å². The van der Waals surface area contributed by atoms with E-state index in [1.165, 1.54) is 0 Å². The number of amides is 1. The van der Waals surface area contributed by atoms with Crippen LogP contribution in [0.3, 0.4) is 0 Å². The second-order valence-corrected chi connectivity index (χ2v) is 4.92. The molecule has 0 radical (unpaired) electrons. The van der Waals surface area contributed by atoms with Crippen molar-refractivity contribution in [2.45, 2.75) is 39.2 Å². The van der Waals surface area contributed by atoms with Gasteiger partial charge in [-0.2, -0.15) is 11.8 Å². The van der Waals surface area contributed by atoms with E-state index in [9.17, 15) is 4.79 Å². The summed E-state index contributed by atoms with van der Waals surface area (Å²) in [6.07, 6.45) is 4.55. The monoisotopic (exact) mass is 232 g/mol. The quantitative estimate of drug-likeness (QED) is 0.668. The summed E-state index contributed by atoms with van der Waals surface area (Å²) in [5.41, 5.74) is 5.50. The lowest BCUT2D eigenvalue weighted by molar-refractivity contribution is -0.121. The molecular weight excluding hydrogens is 208 g/mol. The van der Waals surface area contributed by atoms with Crippen LogP contribution in [0, 0.1) is 5.92 Å². The lowest BCUT2D eigenvalue weighted by Gasteiger charge is -2.16. The molecule has 0 aliphatic carbocycles. The summed E-state index contributed by atoms with van der Waals surface area (Å²) < 4.78 is 0. The van der Waals surface area contributed by atoms with Crippen LogP contribution in [0.4, 0.5) is 0 Å². The van der Waals surface area contributed by atoms with Crippen molar-refractivity contribution in [2.75, 3.05) is 18.6 Å². The Kier molecular flexibility index (Phi) is 8.91. The predicted molar refractivity (Wildman–Crippen MR) is 68.1 cm³/mol.